The Morgan fingerprint density at radius 3 is 2.57 bits per heavy atom. The Kier molecular flexibility index (Phi) is 7.95. The topological polar surface area (TPSA) is 113 Å². The van der Waals surface area contributed by atoms with Gasteiger partial charge in [0.15, 0.2) is 17.3 Å². The second kappa shape index (κ2) is 9.72. The minimum Gasteiger partial charge on any atom is -0.489 e. The Labute approximate surface area is 138 Å². The van der Waals surface area contributed by atoms with Gasteiger partial charge in [0.25, 0.3) is 0 Å². The molecule has 0 unspecified atom stereocenters. The lowest BCUT2D eigenvalue weighted by atomic mass is 10.4. The third-order valence-corrected chi connectivity index (χ3v) is 2.65. The van der Waals surface area contributed by atoms with Crippen molar-refractivity contribution in [2.24, 2.45) is 0 Å². The molecule has 2 aromatic heterocycles. The van der Waals surface area contributed by atoms with Gasteiger partial charge in [-0.05, 0) is 6.07 Å². The number of aromatic nitrogens is 2. The second-order valence-corrected chi connectivity index (χ2v) is 4.23. The molecule has 0 aliphatic heterocycles. The molecule has 2 rings (SSSR count). The number of nitrogens with zero attached hydrogens (tertiary/aromatic N) is 3. The highest BCUT2D eigenvalue weighted by Gasteiger charge is 2.14. The molecule has 0 aliphatic carbocycles. The van der Waals surface area contributed by atoms with E-state index < -0.39 is 4.92 Å². The summed E-state index contributed by atoms with van der Waals surface area (Å²) in [6.07, 6.45) is 2.98. The molecule has 10 heteroatoms. The van der Waals surface area contributed by atoms with E-state index in [1.807, 2.05) is 0 Å². The summed E-state index contributed by atoms with van der Waals surface area (Å²) in [4.78, 5) is 18.1. The van der Waals surface area contributed by atoms with Crippen molar-refractivity contribution in [3.63, 3.8) is 0 Å². The van der Waals surface area contributed by atoms with E-state index in [1.165, 1.54) is 24.5 Å². The van der Waals surface area contributed by atoms with Crippen LogP contribution in [-0.2, 0) is 4.74 Å². The molecule has 9 nitrogen and oxygen atoms in total. The minimum atomic E-state index is -0.614. The molecule has 2 heterocycles. The zero-order valence-corrected chi connectivity index (χ0v) is 13.2. The van der Waals surface area contributed by atoms with Gasteiger partial charge in [0.2, 0.25) is 0 Å². The molecule has 0 atom stereocenters. The van der Waals surface area contributed by atoms with Gasteiger partial charge >= 0.3 is 5.88 Å². The van der Waals surface area contributed by atoms with Gasteiger partial charge in [-0.3, -0.25) is 10.1 Å². The molecule has 126 valence electrons. The number of ether oxygens (including phenoxy) is 2. The van der Waals surface area contributed by atoms with Crippen molar-refractivity contribution in [1.29, 1.82) is 0 Å². The van der Waals surface area contributed by atoms with Crippen LogP contribution in [0.4, 0.5) is 5.88 Å². The molecule has 0 saturated heterocycles. The average Bonchev–Trinajstić information content (AvgIpc) is 3.01. The Morgan fingerprint density at radius 1 is 1.26 bits per heavy atom. The lowest BCUT2D eigenvalue weighted by Gasteiger charge is -2.06. The van der Waals surface area contributed by atoms with Crippen LogP contribution in [0.15, 0.2) is 28.9 Å². The largest absolute Gasteiger partial charge is 0.489 e. The smallest absolute Gasteiger partial charge is 0.433 e. The zero-order valence-electron chi connectivity index (χ0n) is 12.4. The summed E-state index contributed by atoms with van der Waals surface area (Å²) in [5.74, 6) is 0.664. The molecule has 2 aromatic rings. The van der Waals surface area contributed by atoms with Crippen molar-refractivity contribution in [2.75, 3.05) is 33.4 Å². The van der Waals surface area contributed by atoms with E-state index >= 15 is 0 Å². The van der Waals surface area contributed by atoms with Crippen LogP contribution in [0.3, 0.4) is 0 Å². The van der Waals surface area contributed by atoms with E-state index in [1.54, 1.807) is 7.11 Å². The molecule has 0 spiro atoms. The van der Waals surface area contributed by atoms with Gasteiger partial charge in [-0.15, -0.1) is 12.4 Å². The fraction of sp³-hybridized carbons (Fsp3) is 0.385. The van der Waals surface area contributed by atoms with E-state index in [-0.39, 0.29) is 29.9 Å². The SMILES string of the molecule is COCCNCCOc1cnc(-c2ccc([N+](=O)[O-])o2)nc1.Cl. The van der Waals surface area contributed by atoms with Crippen molar-refractivity contribution < 1.29 is 18.8 Å². The van der Waals surface area contributed by atoms with Gasteiger partial charge in [-0.25, -0.2) is 9.97 Å². The first-order valence-electron chi connectivity index (χ1n) is 6.60. The van der Waals surface area contributed by atoms with Crippen LogP contribution in [0.25, 0.3) is 11.6 Å². The van der Waals surface area contributed by atoms with Gasteiger partial charge in [0.1, 0.15) is 11.5 Å². The monoisotopic (exact) mass is 344 g/mol. The number of nitrogens with one attached hydrogen (secondary N) is 1. The van der Waals surface area contributed by atoms with Gasteiger partial charge in [-0.1, -0.05) is 0 Å². The minimum absolute atomic E-state index is 0. The number of nitro groups is 1. The number of methoxy groups -OCH3 is 1. The molecule has 0 bridgehead atoms. The number of hydrogen-bond donors (Lipinski definition) is 1. The van der Waals surface area contributed by atoms with Crippen molar-refractivity contribution >= 4 is 18.3 Å². The molecule has 0 aromatic carbocycles. The highest BCUT2D eigenvalue weighted by atomic mass is 35.5. The lowest BCUT2D eigenvalue weighted by Crippen LogP contribution is -2.24. The van der Waals surface area contributed by atoms with Crippen LogP contribution in [0.2, 0.25) is 0 Å². The van der Waals surface area contributed by atoms with Crippen molar-refractivity contribution in [3.05, 3.63) is 34.6 Å². The van der Waals surface area contributed by atoms with Gasteiger partial charge < -0.3 is 19.2 Å². The van der Waals surface area contributed by atoms with Crippen LogP contribution < -0.4 is 10.1 Å². The highest BCUT2D eigenvalue weighted by molar-refractivity contribution is 5.85. The van der Waals surface area contributed by atoms with E-state index in [9.17, 15) is 10.1 Å². The summed E-state index contributed by atoms with van der Waals surface area (Å²) in [5.41, 5.74) is 0. The molecular weight excluding hydrogens is 328 g/mol. The summed E-state index contributed by atoms with van der Waals surface area (Å²) in [6, 6.07) is 2.71. The molecule has 23 heavy (non-hydrogen) atoms. The molecule has 0 saturated carbocycles. The third-order valence-electron chi connectivity index (χ3n) is 2.65. The zero-order chi connectivity index (χ0) is 15.8. The summed E-state index contributed by atoms with van der Waals surface area (Å²) in [5, 5.41) is 13.7. The predicted octanol–water partition coefficient (Wildman–Crippen LogP) is 1.68. The maximum atomic E-state index is 10.5. The van der Waals surface area contributed by atoms with Gasteiger partial charge in [0.05, 0.1) is 25.1 Å². The maximum absolute atomic E-state index is 10.5. The second-order valence-electron chi connectivity index (χ2n) is 4.23. The molecule has 0 fully saturated rings. The maximum Gasteiger partial charge on any atom is 0.433 e. The molecule has 0 radical (unpaired) electrons. The summed E-state index contributed by atoms with van der Waals surface area (Å²) in [6.45, 7) is 2.55. The van der Waals surface area contributed by atoms with Crippen LogP contribution in [0.5, 0.6) is 5.75 Å². The van der Waals surface area contributed by atoms with Gasteiger partial charge in [-0.2, -0.15) is 0 Å². The van der Waals surface area contributed by atoms with Crippen LogP contribution >= 0.6 is 12.4 Å². The van der Waals surface area contributed by atoms with E-state index in [0.29, 0.717) is 25.5 Å². The van der Waals surface area contributed by atoms with Crippen LogP contribution in [0, 0.1) is 10.1 Å². The standard InChI is InChI=1S/C13H16N4O5.ClH/c1-20-6-4-14-5-7-21-10-8-15-13(16-9-10)11-2-3-12(22-11)17(18)19;/h2-3,8-9,14H,4-7H2,1H3;1H. The Morgan fingerprint density at radius 2 is 1.96 bits per heavy atom. The number of halogens is 1. The Balaban J connectivity index is 0.00000264. The van der Waals surface area contributed by atoms with Crippen molar-refractivity contribution in [3.8, 4) is 17.3 Å². The third kappa shape index (κ3) is 5.81. The molecular formula is C13H17ClN4O5. The first-order valence-corrected chi connectivity index (χ1v) is 6.60. The normalized spacial score (nSPS) is 10.1. The Hall–Kier alpha value is -2.23. The fourth-order valence-corrected chi connectivity index (χ4v) is 1.60. The Bertz CT molecular complexity index is 605. The molecule has 0 aliphatic rings. The molecule has 1 N–H and O–H groups in total. The number of furan rings is 1. The summed E-state index contributed by atoms with van der Waals surface area (Å²) < 4.78 is 15.4. The number of hydrogen-bond acceptors (Lipinski definition) is 8. The average molecular weight is 345 g/mol. The number of rotatable bonds is 9. The van der Waals surface area contributed by atoms with Crippen molar-refractivity contribution in [2.45, 2.75) is 0 Å². The first-order chi connectivity index (χ1) is 10.7. The van der Waals surface area contributed by atoms with E-state index in [0.717, 1.165) is 6.54 Å². The predicted molar refractivity (Wildman–Crippen MR) is 83.9 cm³/mol. The van der Waals surface area contributed by atoms with Crippen LogP contribution in [0.1, 0.15) is 0 Å². The van der Waals surface area contributed by atoms with Crippen LogP contribution in [-0.4, -0.2) is 48.3 Å². The van der Waals surface area contributed by atoms with Crippen molar-refractivity contribution in [1.82, 2.24) is 15.3 Å². The quantitative estimate of drug-likeness (QED) is 0.415. The van der Waals surface area contributed by atoms with E-state index in [2.05, 4.69) is 15.3 Å². The lowest BCUT2D eigenvalue weighted by molar-refractivity contribution is -0.401. The summed E-state index contributed by atoms with van der Waals surface area (Å²) >= 11 is 0. The fourth-order valence-electron chi connectivity index (χ4n) is 1.60. The summed E-state index contributed by atoms with van der Waals surface area (Å²) in [7, 11) is 1.64. The molecule has 0 amide bonds. The first kappa shape index (κ1) is 18.8. The van der Waals surface area contributed by atoms with Gasteiger partial charge in [0, 0.05) is 20.2 Å². The highest BCUT2D eigenvalue weighted by Crippen LogP contribution is 2.23. The van der Waals surface area contributed by atoms with E-state index in [4.69, 9.17) is 13.9 Å².